The topological polar surface area (TPSA) is 37.3 Å². The van der Waals surface area contributed by atoms with Gasteiger partial charge in [-0.25, -0.2) is 0 Å². The molecule has 0 spiro atoms. The predicted molar refractivity (Wildman–Crippen MR) is 91.3 cm³/mol. The number of hydrogen-bond acceptors (Lipinski definition) is 1. The second-order valence-electron chi connectivity index (χ2n) is 7.12. The van der Waals surface area contributed by atoms with E-state index < -0.39 is 11.4 Å². The fourth-order valence-corrected chi connectivity index (χ4v) is 2.98. The zero-order chi connectivity index (χ0) is 16.5. The first-order valence-electron chi connectivity index (χ1n) is 7.79. The molecule has 0 aliphatic heterocycles. The quantitative estimate of drug-likeness (QED) is 0.502. The molecule has 0 fully saturated rings. The molecule has 0 rings (SSSR count). The molecular formula is C19H32O2. The highest BCUT2D eigenvalue weighted by molar-refractivity contribution is 5.75. The van der Waals surface area contributed by atoms with Crippen molar-refractivity contribution in [3.05, 3.63) is 38.0 Å². The molecule has 0 aromatic rings. The average molecular weight is 292 g/mol. The Bertz CT molecular complexity index is 350. The van der Waals surface area contributed by atoms with E-state index in [4.69, 9.17) is 0 Å². The van der Waals surface area contributed by atoms with Crippen molar-refractivity contribution in [1.29, 1.82) is 0 Å². The lowest BCUT2D eigenvalue weighted by Gasteiger charge is -2.36. The van der Waals surface area contributed by atoms with Crippen LogP contribution in [0.4, 0.5) is 0 Å². The summed E-state index contributed by atoms with van der Waals surface area (Å²) in [6.45, 7) is 18.0. The van der Waals surface area contributed by atoms with Gasteiger partial charge in [0.15, 0.2) is 0 Å². The highest BCUT2D eigenvalue weighted by Crippen LogP contribution is 2.42. The lowest BCUT2D eigenvalue weighted by molar-refractivity contribution is -0.152. The van der Waals surface area contributed by atoms with Crippen molar-refractivity contribution < 1.29 is 9.90 Å². The predicted octanol–water partition coefficient (Wildman–Crippen LogP) is 5.62. The maximum absolute atomic E-state index is 11.9. The third-order valence-electron chi connectivity index (χ3n) is 4.16. The van der Waals surface area contributed by atoms with Crippen LogP contribution in [0.1, 0.15) is 59.3 Å². The molecule has 0 amide bonds. The normalized spacial score (nSPS) is 13.5. The smallest absolute Gasteiger partial charge is 0.310 e. The van der Waals surface area contributed by atoms with Crippen molar-refractivity contribution in [3.63, 3.8) is 0 Å². The standard InChI is InChI=1S/C19H32O2/c1-7-11-16(12-10-15-18(4,5)6)19(13-8-2,14-9-3)17(20)21/h7-9,16H,1-3,10-15H2,4-6H3,(H,20,21). The summed E-state index contributed by atoms with van der Waals surface area (Å²) < 4.78 is 0. The fourth-order valence-electron chi connectivity index (χ4n) is 2.98. The van der Waals surface area contributed by atoms with Crippen molar-refractivity contribution in [1.82, 2.24) is 0 Å². The van der Waals surface area contributed by atoms with Gasteiger partial charge in [-0.1, -0.05) is 45.4 Å². The van der Waals surface area contributed by atoms with E-state index in [2.05, 4.69) is 40.5 Å². The van der Waals surface area contributed by atoms with Gasteiger partial charge in [0.1, 0.15) is 0 Å². The Labute approximate surface area is 130 Å². The van der Waals surface area contributed by atoms with Gasteiger partial charge in [-0.3, -0.25) is 4.79 Å². The number of aliphatic carboxylic acids is 1. The van der Waals surface area contributed by atoms with Gasteiger partial charge in [-0.2, -0.15) is 0 Å². The molecule has 2 nitrogen and oxygen atoms in total. The summed E-state index contributed by atoms with van der Waals surface area (Å²) in [5.41, 5.74) is -0.517. The minimum Gasteiger partial charge on any atom is -0.481 e. The van der Waals surface area contributed by atoms with Crippen LogP contribution >= 0.6 is 0 Å². The summed E-state index contributed by atoms with van der Waals surface area (Å²) in [4.78, 5) is 11.9. The number of hydrogen-bond donors (Lipinski definition) is 1. The van der Waals surface area contributed by atoms with Crippen LogP contribution in [0.5, 0.6) is 0 Å². The van der Waals surface area contributed by atoms with E-state index in [1.165, 1.54) is 0 Å². The Morgan fingerprint density at radius 3 is 1.95 bits per heavy atom. The Balaban J connectivity index is 5.20. The lowest BCUT2D eigenvalue weighted by Crippen LogP contribution is -2.38. The first kappa shape index (κ1) is 19.7. The summed E-state index contributed by atoms with van der Waals surface area (Å²) in [7, 11) is 0. The monoisotopic (exact) mass is 292 g/mol. The van der Waals surface area contributed by atoms with Crippen LogP contribution in [-0.4, -0.2) is 11.1 Å². The Morgan fingerprint density at radius 2 is 1.62 bits per heavy atom. The van der Waals surface area contributed by atoms with Crippen molar-refractivity contribution >= 4 is 5.97 Å². The van der Waals surface area contributed by atoms with E-state index in [9.17, 15) is 9.90 Å². The van der Waals surface area contributed by atoms with Gasteiger partial charge in [0.2, 0.25) is 0 Å². The van der Waals surface area contributed by atoms with E-state index >= 15 is 0 Å². The molecule has 0 radical (unpaired) electrons. The fraction of sp³-hybridized carbons (Fsp3) is 0.632. The molecular weight excluding hydrogens is 260 g/mol. The summed E-state index contributed by atoms with van der Waals surface area (Å²) >= 11 is 0. The molecule has 0 saturated carbocycles. The molecule has 1 atom stereocenters. The molecule has 1 unspecified atom stereocenters. The molecule has 0 saturated heterocycles. The van der Waals surface area contributed by atoms with Crippen molar-refractivity contribution in [2.24, 2.45) is 16.7 Å². The molecule has 2 heteroatoms. The summed E-state index contributed by atoms with van der Waals surface area (Å²) in [5.74, 6) is -0.671. The zero-order valence-electron chi connectivity index (χ0n) is 14.0. The molecule has 0 heterocycles. The second-order valence-corrected chi connectivity index (χ2v) is 7.12. The van der Waals surface area contributed by atoms with Crippen LogP contribution in [0.25, 0.3) is 0 Å². The molecule has 0 aliphatic carbocycles. The van der Waals surface area contributed by atoms with Crippen LogP contribution in [-0.2, 0) is 4.79 Å². The number of carboxylic acids is 1. The summed E-state index contributed by atoms with van der Waals surface area (Å²) in [6.07, 6.45) is 9.98. The minimum absolute atomic E-state index is 0.0749. The Hall–Kier alpha value is -1.31. The Morgan fingerprint density at radius 1 is 1.10 bits per heavy atom. The highest BCUT2D eigenvalue weighted by Gasteiger charge is 2.42. The summed E-state index contributed by atoms with van der Waals surface area (Å²) in [5, 5.41) is 9.81. The van der Waals surface area contributed by atoms with Gasteiger partial charge in [0.05, 0.1) is 5.41 Å². The molecule has 1 N–H and O–H groups in total. The number of rotatable bonds is 11. The van der Waals surface area contributed by atoms with Crippen LogP contribution in [0.3, 0.4) is 0 Å². The molecule has 0 aromatic heterocycles. The first-order valence-corrected chi connectivity index (χ1v) is 7.79. The molecule has 21 heavy (non-hydrogen) atoms. The largest absolute Gasteiger partial charge is 0.481 e. The van der Waals surface area contributed by atoms with Crippen molar-refractivity contribution in [2.75, 3.05) is 0 Å². The highest BCUT2D eigenvalue weighted by atomic mass is 16.4. The molecule has 120 valence electrons. The number of carbonyl (C=O) groups is 1. The van der Waals surface area contributed by atoms with Crippen molar-refractivity contribution in [2.45, 2.75) is 59.3 Å². The number of carboxylic acid groups (broad SMARTS) is 1. The number of allylic oxidation sites excluding steroid dienone is 3. The van der Waals surface area contributed by atoms with Crippen LogP contribution < -0.4 is 0 Å². The molecule has 0 bridgehead atoms. The molecule has 0 aliphatic rings. The van der Waals surface area contributed by atoms with E-state index in [1.807, 2.05) is 6.08 Å². The third-order valence-corrected chi connectivity index (χ3v) is 4.16. The summed E-state index contributed by atoms with van der Waals surface area (Å²) in [6, 6.07) is 0. The van der Waals surface area contributed by atoms with E-state index in [0.29, 0.717) is 12.8 Å². The maximum Gasteiger partial charge on any atom is 0.310 e. The van der Waals surface area contributed by atoms with Crippen molar-refractivity contribution in [3.8, 4) is 0 Å². The van der Waals surface area contributed by atoms with Gasteiger partial charge in [-0.15, -0.1) is 19.7 Å². The zero-order valence-corrected chi connectivity index (χ0v) is 14.0. The van der Waals surface area contributed by atoms with Gasteiger partial charge in [0.25, 0.3) is 0 Å². The van der Waals surface area contributed by atoms with E-state index in [1.54, 1.807) is 12.2 Å². The lowest BCUT2D eigenvalue weighted by atomic mass is 9.67. The van der Waals surface area contributed by atoms with Crippen LogP contribution in [0.2, 0.25) is 0 Å². The minimum atomic E-state index is -0.796. The maximum atomic E-state index is 11.9. The van der Waals surface area contributed by atoms with Gasteiger partial charge >= 0.3 is 5.97 Å². The van der Waals surface area contributed by atoms with E-state index in [0.717, 1.165) is 25.7 Å². The Kier molecular flexibility index (Phi) is 8.31. The van der Waals surface area contributed by atoms with Gasteiger partial charge in [-0.05, 0) is 43.4 Å². The van der Waals surface area contributed by atoms with Crippen LogP contribution in [0, 0.1) is 16.7 Å². The first-order chi connectivity index (χ1) is 9.73. The van der Waals surface area contributed by atoms with Gasteiger partial charge in [0, 0.05) is 0 Å². The van der Waals surface area contributed by atoms with E-state index in [-0.39, 0.29) is 11.3 Å². The molecule has 0 aromatic carbocycles. The van der Waals surface area contributed by atoms with Crippen LogP contribution in [0.15, 0.2) is 38.0 Å². The average Bonchev–Trinajstić information content (AvgIpc) is 2.35. The van der Waals surface area contributed by atoms with Gasteiger partial charge < -0.3 is 5.11 Å². The second kappa shape index (κ2) is 8.86. The third kappa shape index (κ3) is 6.33. The SMILES string of the molecule is C=CCC(CCCC(C)(C)C)C(CC=C)(CC=C)C(=O)O.